The number of rotatable bonds is 31. The number of carbonyl (C=O) groups is 2. The largest absolute Gasteiger partial charge is 0.481 e. The van der Waals surface area contributed by atoms with Gasteiger partial charge in [0.2, 0.25) is 0 Å². The second kappa shape index (κ2) is 30.5. The second-order valence-electron chi connectivity index (χ2n) is 11.7. The predicted octanol–water partition coefficient (Wildman–Crippen LogP) is 11.3. The highest BCUT2D eigenvalue weighted by atomic mass is 16.5. The minimum atomic E-state index is -0.709. The van der Waals surface area contributed by atoms with Crippen LogP contribution in [0.2, 0.25) is 0 Å². The highest BCUT2D eigenvalue weighted by Gasteiger charge is 2.14. The van der Waals surface area contributed by atoms with Crippen LogP contribution in [0.4, 0.5) is 0 Å². The summed E-state index contributed by atoms with van der Waals surface area (Å²) in [6, 6.07) is 0. The topological polar surface area (TPSA) is 63.6 Å². The van der Waals surface area contributed by atoms with E-state index in [-0.39, 0.29) is 18.5 Å². The molecule has 1 N–H and O–H groups in total. The van der Waals surface area contributed by atoms with Gasteiger partial charge in [-0.25, -0.2) is 0 Å². The first kappa shape index (κ1) is 36.9. The number of hydrogen-bond acceptors (Lipinski definition) is 3. The highest BCUT2D eigenvalue weighted by molar-refractivity contribution is 5.69. The monoisotopic (exact) mass is 538 g/mol. The summed E-state index contributed by atoms with van der Waals surface area (Å²) in [7, 11) is 0. The van der Waals surface area contributed by atoms with Crippen molar-refractivity contribution >= 4 is 11.9 Å². The maximum atomic E-state index is 12.5. The van der Waals surface area contributed by atoms with Gasteiger partial charge in [-0.3, -0.25) is 9.59 Å². The molecule has 0 aromatic heterocycles. The minimum Gasteiger partial charge on any atom is -0.481 e. The van der Waals surface area contributed by atoms with E-state index in [1.54, 1.807) is 0 Å². The number of unbranched alkanes of at least 4 members (excludes halogenated alkanes) is 22. The molecule has 0 heterocycles. The van der Waals surface area contributed by atoms with E-state index in [9.17, 15) is 9.59 Å². The molecule has 4 nitrogen and oxygen atoms in total. The van der Waals surface area contributed by atoms with Crippen LogP contribution < -0.4 is 0 Å². The number of carboxylic acids is 1. The first-order valence-corrected chi connectivity index (χ1v) is 17.0. The van der Waals surface area contributed by atoms with Crippen LogP contribution in [0.25, 0.3) is 0 Å². The van der Waals surface area contributed by atoms with Crippen molar-refractivity contribution in [2.75, 3.05) is 0 Å². The zero-order valence-electron chi connectivity index (χ0n) is 25.8. The van der Waals surface area contributed by atoms with E-state index < -0.39 is 5.97 Å². The molecular formula is C34H66O4. The number of hydrogen-bond donors (Lipinski definition) is 1. The maximum Gasteiger partial charge on any atom is 0.306 e. The Labute approximate surface area is 237 Å². The molecule has 0 aromatic carbocycles. The molecule has 1 atom stereocenters. The van der Waals surface area contributed by atoms with Crippen LogP contribution in [0, 0.1) is 0 Å². The summed E-state index contributed by atoms with van der Waals surface area (Å²) < 4.78 is 5.92. The average Bonchev–Trinajstić information content (AvgIpc) is 2.89. The Kier molecular flexibility index (Phi) is 29.6. The van der Waals surface area contributed by atoms with Crippen LogP contribution in [-0.4, -0.2) is 23.1 Å². The summed E-state index contributed by atoms with van der Waals surface area (Å²) in [4.78, 5) is 23.2. The van der Waals surface area contributed by atoms with Gasteiger partial charge in [-0.05, 0) is 38.5 Å². The van der Waals surface area contributed by atoms with Crippen molar-refractivity contribution < 1.29 is 19.4 Å². The molecule has 0 radical (unpaired) electrons. The zero-order chi connectivity index (χ0) is 27.9. The molecule has 226 valence electrons. The fourth-order valence-corrected chi connectivity index (χ4v) is 5.30. The Balaban J connectivity index is 3.89. The molecule has 1 unspecified atom stereocenters. The smallest absolute Gasteiger partial charge is 0.306 e. The molecule has 0 amide bonds. The lowest BCUT2D eigenvalue weighted by atomic mass is 10.0. The van der Waals surface area contributed by atoms with Crippen molar-refractivity contribution in [2.24, 2.45) is 0 Å². The summed E-state index contributed by atoms with van der Waals surface area (Å²) in [6.45, 7) is 4.53. The Morgan fingerprint density at radius 2 is 0.789 bits per heavy atom. The van der Waals surface area contributed by atoms with Crippen LogP contribution >= 0.6 is 0 Å². The summed E-state index contributed by atoms with van der Waals surface area (Å²) in [5, 5.41) is 8.79. The summed E-state index contributed by atoms with van der Waals surface area (Å²) >= 11 is 0. The molecular weight excluding hydrogens is 472 g/mol. The van der Waals surface area contributed by atoms with Gasteiger partial charge in [0.15, 0.2) is 0 Å². The van der Waals surface area contributed by atoms with E-state index in [0.717, 1.165) is 57.8 Å². The zero-order valence-corrected chi connectivity index (χ0v) is 25.8. The molecule has 0 aliphatic carbocycles. The Morgan fingerprint density at radius 1 is 0.474 bits per heavy atom. The van der Waals surface area contributed by atoms with Crippen LogP contribution in [0.1, 0.15) is 200 Å². The lowest BCUT2D eigenvalue weighted by Gasteiger charge is -2.18. The number of carboxylic acid groups (broad SMARTS) is 1. The van der Waals surface area contributed by atoms with E-state index >= 15 is 0 Å². The first-order valence-electron chi connectivity index (χ1n) is 17.0. The lowest BCUT2D eigenvalue weighted by Crippen LogP contribution is -2.18. The van der Waals surface area contributed by atoms with E-state index in [1.807, 2.05) is 0 Å². The van der Waals surface area contributed by atoms with Gasteiger partial charge < -0.3 is 9.84 Å². The molecule has 38 heavy (non-hydrogen) atoms. The Bertz CT molecular complexity index is 505. The van der Waals surface area contributed by atoms with E-state index in [0.29, 0.717) is 6.42 Å². The van der Waals surface area contributed by atoms with Crippen molar-refractivity contribution in [3.63, 3.8) is 0 Å². The molecule has 0 rings (SSSR count). The van der Waals surface area contributed by atoms with Crippen molar-refractivity contribution in [2.45, 2.75) is 206 Å². The number of aliphatic carboxylic acids is 1. The van der Waals surface area contributed by atoms with Gasteiger partial charge in [0.05, 0.1) is 0 Å². The number of carbonyl (C=O) groups excluding carboxylic acids is 1. The minimum absolute atomic E-state index is 0.0113. The van der Waals surface area contributed by atoms with E-state index in [2.05, 4.69) is 13.8 Å². The summed E-state index contributed by atoms with van der Waals surface area (Å²) in [6.07, 6.45) is 34.0. The lowest BCUT2D eigenvalue weighted by molar-refractivity contribution is -0.150. The quantitative estimate of drug-likeness (QED) is 0.0704. The van der Waals surface area contributed by atoms with Crippen molar-refractivity contribution in [3.8, 4) is 0 Å². The van der Waals surface area contributed by atoms with Crippen molar-refractivity contribution in [1.82, 2.24) is 0 Å². The fraction of sp³-hybridized carbons (Fsp3) is 0.941. The molecule has 0 bridgehead atoms. The summed E-state index contributed by atoms with van der Waals surface area (Å²) in [5.41, 5.74) is 0. The third kappa shape index (κ3) is 29.5. The molecule has 0 saturated heterocycles. The van der Waals surface area contributed by atoms with Gasteiger partial charge >= 0.3 is 11.9 Å². The van der Waals surface area contributed by atoms with Gasteiger partial charge in [0.1, 0.15) is 6.10 Å². The van der Waals surface area contributed by atoms with Crippen molar-refractivity contribution in [1.29, 1.82) is 0 Å². The molecule has 0 aliphatic heterocycles. The third-order valence-corrected chi connectivity index (χ3v) is 7.83. The molecule has 4 heteroatoms. The fourth-order valence-electron chi connectivity index (χ4n) is 5.30. The van der Waals surface area contributed by atoms with Crippen LogP contribution in [0.15, 0.2) is 0 Å². The van der Waals surface area contributed by atoms with Gasteiger partial charge in [-0.15, -0.1) is 0 Å². The maximum absolute atomic E-state index is 12.5. The van der Waals surface area contributed by atoms with Gasteiger partial charge in [0.25, 0.3) is 0 Å². The standard InChI is InChI=1S/C34H66O4/c1-3-5-7-9-11-12-13-14-15-16-17-19-21-27-31-34(37)38-32(28-24-20-18-10-8-6-4-2)29-25-22-23-26-30-33(35)36/h32H,3-31H2,1-2H3,(H,35,36). The average molecular weight is 539 g/mol. The van der Waals surface area contributed by atoms with Gasteiger partial charge in [-0.1, -0.05) is 149 Å². The molecule has 0 saturated carbocycles. The van der Waals surface area contributed by atoms with Gasteiger partial charge in [0, 0.05) is 12.8 Å². The Hall–Kier alpha value is -1.06. The SMILES string of the molecule is CCCCCCCCCCCCCCCCC(=O)OC(CCCCCCCCC)CCCCCCC(=O)O. The van der Waals surface area contributed by atoms with E-state index in [1.165, 1.54) is 116 Å². The van der Waals surface area contributed by atoms with Crippen molar-refractivity contribution in [3.05, 3.63) is 0 Å². The first-order chi connectivity index (χ1) is 18.6. The Morgan fingerprint density at radius 3 is 1.16 bits per heavy atom. The summed E-state index contributed by atoms with van der Waals surface area (Å²) in [5.74, 6) is -0.720. The molecule has 0 fully saturated rings. The van der Waals surface area contributed by atoms with Gasteiger partial charge in [-0.2, -0.15) is 0 Å². The predicted molar refractivity (Wildman–Crippen MR) is 163 cm³/mol. The van der Waals surface area contributed by atoms with Crippen LogP contribution in [0.5, 0.6) is 0 Å². The molecule has 0 spiro atoms. The normalized spacial score (nSPS) is 12.1. The molecule has 0 aromatic rings. The van der Waals surface area contributed by atoms with Crippen LogP contribution in [-0.2, 0) is 14.3 Å². The third-order valence-electron chi connectivity index (χ3n) is 7.83. The second-order valence-corrected chi connectivity index (χ2v) is 11.7. The van der Waals surface area contributed by atoms with Crippen LogP contribution in [0.3, 0.4) is 0 Å². The number of esters is 1. The molecule has 0 aliphatic rings. The van der Waals surface area contributed by atoms with E-state index in [4.69, 9.17) is 9.84 Å². The highest BCUT2D eigenvalue weighted by Crippen LogP contribution is 2.18. The number of ether oxygens (including phenoxy) is 1.